The van der Waals surface area contributed by atoms with Crippen molar-refractivity contribution in [2.45, 2.75) is 6.92 Å². The molecule has 1 aromatic heterocycles. The second kappa shape index (κ2) is 6.16. The lowest BCUT2D eigenvalue weighted by molar-refractivity contribution is 0.367. The molecule has 84 valence electrons. The zero-order valence-corrected chi connectivity index (χ0v) is 10.4. The Morgan fingerprint density at radius 1 is 1.47 bits per heavy atom. The van der Waals surface area contributed by atoms with Gasteiger partial charge in [0.05, 0.1) is 10.0 Å². The fourth-order valence-corrected chi connectivity index (χ4v) is 1.51. The van der Waals surface area contributed by atoms with Crippen molar-refractivity contribution in [2.24, 2.45) is 0 Å². The summed E-state index contributed by atoms with van der Waals surface area (Å²) in [5, 5.41) is 4.27. The number of anilines is 1. The average molecular weight is 248 g/mol. The van der Waals surface area contributed by atoms with E-state index in [9.17, 15) is 0 Å². The Bertz CT molecular complexity index is 318. The van der Waals surface area contributed by atoms with E-state index in [2.05, 4.69) is 29.2 Å². The third-order valence-electron chi connectivity index (χ3n) is 2.13. The highest BCUT2D eigenvalue weighted by atomic mass is 35.5. The lowest BCUT2D eigenvalue weighted by atomic mass is 10.4. The summed E-state index contributed by atoms with van der Waals surface area (Å²) in [4.78, 5) is 6.31. The van der Waals surface area contributed by atoms with Crippen molar-refractivity contribution in [1.29, 1.82) is 0 Å². The zero-order chi connectivity index (χ0) is 11.3. The maximum atomic E-state index is 5.96. The van der Waals surface area contributed by atoms with Gasteiger partial charge in [-0.1, -0.05) is 30.1 Å². The number of nitrogens with one attached hydrogen (secondary N) is 1. The van der Waals surface area contributed by atoms with Crippen LogP contribution in [-0.4, -0.2) is 36.6 Å². The van der Waals surface area contributed by atoms with E-state index in [-0.39, 0.29) is 0 Å². The van der Waals surface area contributed by atoms with Crippen molar-refractivity contribution in [3.05, 3.63) is 22.3 Å². The molecular weight excluding hydrogens is 233 g/mol. The molecule has 0 aliphatic rings. The molecule has 0 unspecified atom stereocenters. The Morgan fingerprint density at radius 2 is 2.20 bits per heavy atom. The predicted molar refractivity (Wildman–Crippen MR) is 65.9 cm³/mol. The fraction of sp³-hybridized carbons (Fsp3) is 0.500. The molecule has 15 heavy (non-hydrogen) atoms. The maximum Gasteiger partial charge on any atom is 0.144 e. The van der Waals surface area contributed by atoms with Crippen LogP contribution in [0.5, 0.6) is 0 Å². The topological polar surface area (TPSA) is 28.2 Å². The SMILES string of the molecule is CCN(C)CCNc1ncc(Cl)cc1Cl. The first-order valence-corrected chi connectivity index (χ1v) is 5.62. The molecule has 5 heteroatoms. The van der Waals surface area contributed by atoms with Crippen LogP contribution < -0.4 is 5.32 Å². The maximum absolute atomic E-state index is 5.96. The number of likely N-dealkylation sites (N-methyl/N-ethyl adjacent to an activating group) is 1. The molecular formula is C10H15Cl2N3. The van der Waals surface area contributed by atoms with Gasteiger partial charge < -0.3 is 10.2 Å². The first-order chi connectivity index (χ1) is 7.13. The molecule has 1 aromatic rings. The Balaban J connectivity index is 2.44. The van der Waals surface area contributed by atoms with Gasteiger partial charge in [0, 0.05) is 19.3 Å². The van der Waals surface area contributed by atoms with Gasteiger partial charge in [-0.2, -0.15) is 0 Å². The zero-order valence-electron chi connectivity index (χ0n) is 8.93. The van der Waals surface area contributed by atoms with Crippen LogP contribution in [0.2, 0.25) is 10.0 Å². The number of halogens is 2. The molecule has 0 spiro atoms. The number of hydrogen-bond donors (Lipinski definition) is 1. The van der Waals surface area contributed by atoms with Crippen molar-refractivity contribution >= 4 is 29.0 Å². The standard InChI is InChI=1S/C10H15Cl2N3/c1-3-15(2)5-4-13-10-9(12)6-8(11)7-14-10/h6-7H,3-5H2,1-2H3,(H,13,14). The van der Waals surface area contributed by atoms with E-state index >= 15 is 0 Å². The number of aromatic nitrogens is 1. The largest absolute Gasteiger partial charge is 0.368 e. The molecule has 0 bridgehead atoms. The highest BCUT2D eigenvalue weighted by molar-refractivity contribution is 6.35. The van der Waals surface area contributed by atoms with Crippen LogP contribution in [0.4, 0.5) is 5.82 Å². The number of rotatable bonds is 5. The second-order valence-corrected chi connectivity index (χ2v) is 4.15. The minimum atomic E-state index is 0.552. The lowest BCUT2D eigenvalue weighted by Crippen LogP contribution is -2.25. The van der Waals surface area contributed by atoms with Gasteiger partial charge in [0.15, 0.2) is 0 Å². The highest BCUT2D eigenvalue weighted by Gasteiger charge is 2.02. The van der Waals surface area contributed by atoms with Crippen LogP contribution in [-0.2, 0) is 0 Å². The Morgan fingerprint density at radius 3 is 2.80 bits per heavy atom. The number of nitrogens with zero attached hydrogens (tertiary/aromatic N) is 2. The molecule has 0 saturated heterocycles. The Labute approximate surface area is 100 Å². The van der Waals surface area contributed by atoms with E-state index in [4.69, 9.17) is 23.2 Å². The van der Waals surface area contributed by atoms with Gasteiger partial charge >= 0.3 is 0 Å². The van der Waals surface area contributed by atoms with Crippen LogP contribution in [0.25, 0.3) is 0 Å². The minimum absolute atomic E-state index is 0.552. The average Bonchev–Trinajstić information content (AvgIpc) is 2.21. The molecule has 0 amide bonds. The molecule has 0 aliphatic heterocycles. The number of hydrogen-bond acceptors (Lipinski definition) is 3. The summed E-state index contributed by atoms with van der Waals surface area (Å²) in [6.45, 7) is 4.92. The first-order valence-electron chi connectivity index (χ1n) is 4.87. The second-order valence-electron chi connectivity index (χ2n) is 3.31. The van der Waals surface area contributed by atoms with Gasteiger partial charge in [-0.25, -0.2) is 4.98 Å². The monoisotopic (exact) mass is 247 g/mol. The summed E-state index contributed by atoms with van der Waals surface area (Å²) in [5.74, 6) is 0.686. The van der Waals surface area contributed by atoms with Gasteiger partial charge in [0.1, 0.15) is 5.82 Å². The third kappa shape index (κ3) is 4.24. The normalized spacial score (nSPS) is 10.7. The smallest absolute Gasteiger partial charge is 0.144 e. The molecule has 0 atom stereocenters. The van der Waals surface area contributed by atoms with Crippen molar-refractivity contribution in [3.8, 4) is 0 Å². The molecule has 1 rings (SSSR count). The van der Waals surface area contributed by atoms with Crippen LogP contribution in [0.3, 0.4) is 0 Å². The first kappa shape index (κ1) is 12.6. The molecule has 0 radical (unpaired) electrons. The summed E-state index contributed by atoms with van der Waals surface area (Å²) in [5.41, 5.74) is 0. The molecule has 1 N–H and O–H groups in total. The molecule has 3 nitrogen and oxygen atoms in total. The van der Waals surface area contributed by atoms with Crippen molar-refractivity contribution in [2.75, 3.05) is 32.0 Å². The lowest BCUT2D eigenvalue weighted by Gasteiger charge is -2.14. The van der Waals surface area contributed by atoms with Gasteiger partial charge in [-0.3, -0.25) is 0 Å². The summed E-state index contributed by atoms with van der Waals surface area (Å²) in [6.07, 6.45) is 1.58. The number of pyridine rings is 1. The van der Waals surface area contributed by atoms with Gasteiger partial charge in [0.2, 0.25) is 0 Å². The van der Waals surface area contributed by atoms with E-state index in [1.54, 1.807) is 12.3 Å². The van der Waals surface area contributed by atoms with E-state index in [0.717, 1.165) is 19.6 Å². The molecule has 0 saturated carbocycles. The quantitative estimate of drug-likeness (QED) is 0.868. The third-order valence-corrected chi connectivity index (χ3v) is 2.63. The van der Waals surface area contributed by atoms with E-state index < -0.39 is 0 Å². The van der Waals surface area contributed by atoms with Crippen LogP contribution in [0.1, 0.15) is 6.92 Å². The molecule has 1 heterocycles. The summed E-state index contributed by atoms with van der Waals surface area (Å²) >= 11 is 11.7. The van der Waals surface area contributed by atoms with Crippen LogP contribution >= 0.6 is 23.2 Å². The van der Waals surface area contributed by atoms with E-state index in [0.29, 0.717) is 15.9 Å². The molecule has 0 aliphatic carbocycles. The van der Waals surface area contributed by atoms with Crippen molar-refractivity contribution in [1.82, 2.24) is 9.88 Å². The summed E-state index contributed by atoms with van der Waals surface area (Å²) in [6, 6.07) is 1.68. The van der Waals surface area contributed by atoms with Crippen LogP contribution in [0.15, 0.2) is 12.3 Å². The summed E-state index contributed by atoms with van der Waals surface area (Å²) in [7, 11) is 2.07. The van der Waals surface area contributed by atoms with Gasteiger partial charge in [-0.15, -0.1) is 0 Å². The molecule has 0 aromatic carbocycles. The Kier molecular flexibility index (Phi) is 5.15. The van der Waals surface area contributed by atoms with Crippen molar-refractivity contribution < 1.29 is 0 Å². The van der Waals surface area contributed by atoms with Crippen LogP contribution in [0, 0.1) is 0 Å². The van der Waals surface area contributed by atoms with E-state index in [1.165, 1.54) is 0 Å². The minimum Gasteiger partial charge on any atom is -0.368 e. The van der Waals surface area contributed by atoms with Gasteiger partial charge in [0.25, 0.3) is 0 Å². The van der Waals surface area contributed by atoms with Crippen molar-refractivity contribution in [3.63, 3.8) is 0 Å². The van der Waals surface area contributed by atoms with Gasteiger partial charge in [-0.05, 0) is 19.7 Å². The predicted octanol–water partition coefficient (Wildman–Crippen LogP) is 2.75. The van der Waals surface area contributed by atoms with E-state index in [1.807, 2.05) is 0 Å². The molecule has 0 fully saturated rings. The highest BCUT2D eigenvalue weighted by Crippen LogP contribution is 2.21. The summed E-state index contributed by atoms with van der Waals surface area (Å²) < 4.78 is 0. The Hall–Kier alpha value is -0.510. The fourth-order valence-electron chi connectivity index (χ4n) is 1.07.